The number of hydrogen-bond acceptors (Lipinski definition) is 5. The molecule has 0 aliphatic carbocycles. The standard InChI is InChI=1S/C16H11Cl2N5O3/c1-9-14(19-20-15-12(17)3-2-4-13(15)18)16(24)22(21-9)10-5-7-11(8-6-10)23(25)26/h2-8,21H,1H3. The van der Waals surface area contributed by atoms with Crippen molar-refractivity contribution in [3.63, 3.8) is 0 Å². The Hall–Kier alpha value is -2.97. The van der Waals surface area contributed by atoms with Gasteiger partial charge in [-0.15, -0.1) is 10.2 Å². The summed E-state index contributed by atoms with van der Waals surface area (Å²) in [6.45, 7) is 1.66. The van der Waals surface area contributed by atoms with Crippen molar-refractivity contribution in [1.82, 2.24) is 9.78 Å². The summed E-state index contributed by atoms with van der Waals surface area (Å²) >= 11 is 12.1. The molecular formula is C16H11Cl2N5O3. The molecule has 1 heterocycles. The second kappa shape index (κ2) is 7.11. The van der Waals surface area contributed by atoms with Crippen molar-refractivity contribution >= 4 is 40.3 Å². The van der Waals surface area contributed by atoms with E-state index in [0.717, 1.165) is 0 Å². The number of azo groups is 1. The monoisotopic (exact) mass is 391 g/mol. The highest BCUT2D eigenvalue weighted by Gasteiger charge is 2.14. The number of halogens is 2. The van der Waals surface area contributed by atoms with Gasteiger partial charge in [-0.2, -0.15) is 0 Å². The average Bonchev–Trinajstić information content (AvgIpc) is 2.89. The highest BCUT2D eigenvalue weighted by Crippen LogP contribution is 2.33. The zero-order chi connectivity index (χ0) is 18.8. The molecule has 0 aliphatic rings. The fourth-order valence-electron chi connectivity index (χ4n) is 2.25. The smallest absolute Gasteiger partial charge is 0.293 e. The molecule has 0 saturated heterocycles. The van der Waals surface area contributed by atoms with Crippen LogP contribution in [0.5, 0.6) is 0 Å². The lowest BCUT2D eigenvalue weighted by Crippen LogP contribution is -2.13. The van der Waals surface area contributed by atoms with Gasteiger partial charge in [0.05, 0.1) is 26.3 Å². The Morgan fingerprint density at radius 1 is 1.04 bits per heavy atom. The molecule has 0 amide bonds. The van der Waals surface area contributed by atoms with Crippen LogP contribution < -0.4 is 5.56 Å². The summed E-state index contributed by atoms with van der Waals surface area (Å²) in [6, 6.07) is 10.4. The van der Waals surface area contributed by atoms with E-state index in [4.69, 9.17) is 23.2 Å². The van der Waals surface area contributed by atoms with E-state index in [1.807, 2.05) is 0 Å². The number of aromatic nitrogens is 2. The SMILES string of the molecule is Cc1[nH]n(-c2ccc([N+](=O)[O-])cc2)c(=O)c1N=Nc1c(Cl)cccc1Cl. The first kappa shape index (κ1) is 17.8. The van der Waals surface area contributed by atoms with Gasteiger partial charge < -0.3 is 0 Å². The zero-order valence-electron chi connectivity index (χ0n) is 13.3. The zero-order valence-corrected chi connectivity index (χ0v) is 14.8. The van der Waals surface area contributed by atoms with Crippen molar-refractivity contribution in [3.8, 4) is 5.69 Å². The first-order valence-electron chi connectivity index (χ1n) is 7.30. The first-order valence-corrected chi connectivity index (χ1v) is 8.06. The molecule has 0 aliphatic heterocycles. The van der Waals surface area contributed by atoms with Gasteiger partial charge in [0.25, 0.3) is 11.2 Å². The van der Waals surface area contributed by atoms with Gasteiger partial charge in [-0.05, 0) is 31.2 Å². The number of H-pyrrole nitrogens is 1. The maximum Gasteiger partial charge on any atom is 0.299 e. The molecule has 3 aromatic rings. The van der Waals surface area contributed by atoms with Crippen molar-refractivity contribution in [2.24, 2.45) is 10.2 Å². The van der Waals surface area contributed by atoms with Crippen LogP contribution in [0, 0.1) is 17.0 Å². The van der Waals surface area contributed by atoms with Crippen LogP contribution in [0.2, 0.25) is 10.0 Å². The summed E-state index contributed by atoms with van der Waals surface area (Å²) in [5.74, 6) is 0. The normalized spacial score (nSPS) is 11.2. The molecule has 1 N–H and O–H groups in total. The highest BCUT2D eigenvalue weighted by molar-refractivity contribution is 6.38. The van der Waals surface area contributed by atoms with E-state index < -0.39 is 10.5 Å². The molecule has 26 heavy (non-hydrogen) atoms. The molecule has 0 unspecified atom stereocenters. The summed E-state index contributed by atoms with van der Waals surface area (Å²) in [6.07, 6.45) is 0. The molecular weight excluding hydrogens is 381 g/mol. The molecule has 0 saturated carbocycles. The van der Waals surface area contributed by atoms with Crippen molar-refractivity contribution in [3.05, 3.63) is 78.7 Å². The molecule has 8 nitrogen and oxygen atoms in total. The molecule has 0 spiro atoms. The van der Waals surface area contributed by atoms with Gasteiger partial charge >= 0.3 is 0 Å². The van der Waals surface area contributed by atoms with E-state index in [0.29, 0.717) is 21.4 Å². The van der Waals surface area contributed by atoms with Gasteiger partial charge in [-0.25, -0.2) is 4.68 Å². The third-order valence-corrected chi connectivity index (χ3v) is 4.16. The quantitative estimate of drug-likeness (QED) is 0.379. The maximum absolute atomic E-state index is 12.6. The van der Waals surface area contributed by atoms with Crippen molar-refractivity contribution in [2.45, 2.75) is 6.92 Å². The van der Waals surface area contributed by atoms with E-state index in [2.05, 4.69) is 15.3 Å². The van der Waals surface area contributed by atoms with E-state index in [1.165, 1.54) is 28.9 Å². The predicted molar refractivity (Wildman–Crippen MR) is 98.4 cm³/mol. The van der Waals surface area contributed by atoms with Crippen molar-refractivity contribution in [2.75, 3.05) is 0 Å². The predicted octanol–water partition coefficient (Wildman–Crippen LogP) is 5.10. The van der Waals surface area contributed by atoms with Gasteiger partial charge in [0.1, 0.15) is 5.69 Å². The molecule has 0 atom stereocenters. The Kier molecular flexibility index (Phi) is 4.88. The topological polar surface area (TPSA) is 106 Å². The van der Waals surface area contributed by atoms with Gasteiger partial charge in [-0.3, -0.25) is 20.0 Å². The molecule has 0 radical (unpaired) electrons. The Bertz CT molecular complexity index is 1050. The summed E-state index contributed by atoms with van der Waals surface area (Å²) in [5.41, 5.74) is 0.722. The molecule has 2 aromatic carbocycles. The molecule has 132 valence electrons. The van der Waals surface area contributed by atoms with Crippen molar-refractivity contribution < 1.29 is 4.92 Å². The third kappa shape index (κ3) is 3.37. The average molecular weight is 392 g/mol. The Labute approximate surface area is 156 Å². The number of rotatable bonds is 4. The second-order valence-electron chi connectivity index (χ2n) is 5.27. The van der Waals surface area contributed by atoms with Crippen LogP contribution in [0.3, 0.4) is 0 Å². The number of nitrogens with zero attached hydrogens (tertiary/aromatic N) is 4. The fraction of sp³-hybridized carbons (Fsp3) is 0.0625. The minimum Gasteiger partial charge on any atom is -0.293 e. The highest BCUT2D eigenvalue weighted by atomic mass is 35.5. The second-order valence-corrected chi connectivity index (χ2v) is 6.08. The number of aromatic amines is 1. The number of nitrogens with one attached hydrogen (secondary N) is 1. The molecule has 0 bridgehead atoms. The number of aryl methyl sites for hydroxylation is 1. The minimum atomic E-state index is -0.514. The van der Waals surface area contributed by atoms with Crippen LogP contribution in [-0.4, -0.2) is 14.7 Å². The number of nitro benzene ring substituents is 1. The molecule has 1 aromatic heterocycles. The van der Waals surface area contributed by atoms with Gasteiger partial charge in [0, 0.05) is 12.1 Å². The van der Waals surface area contributed by atoms with Crippen LogP contribution in [0.25, 0.3) is 5.69 Å². The molecule has 3 rings (SSSR count). The fourth-order valence-corrected chi connectivity index (χ4v) is 2.72. The van der Waals surface area contributed by atoms with E-state index >= 15 is 0 Å². The molecule has 10 heteroatoms. The van der Waals surface area contributed by atoms with E-state index in [9.17, 15) is 14.9 Å². The lowest BCUT2D eigenvalue weighted by Gasteiger charge is -2.00. The first-order chi connectivity index (χ1) is 12.4. The summed E-state index contributed by atoms with van der Waals surface area (Å²) in [5, 5.41) is 22.2. The number of non-ortho nitro benzene ring substituents is 1. The van der Waals surface area contributed by atoms with Gasteiger partial charge in [-0.1, -0.05) is 29.3 Å². The van der Waals surface area contributed by atoms with E-state index in [1.54, 1.807) is 25.1 Å². The van der Waals surface area contributed by atoms with Crippen LogP contribution in [0.15, 0.2) is 57.5 Å². The van der Waals surface area contributed by atoms with Crippen molar-refractivity contribution in [1.29, 1.82) is 0 Å². The summed E-state index contributed by atoms with van der Waals surface area (Å²) in [4.78, 5) is 22.8. The Morgan fingerprint density at radius 2 is 1.62 bits per heavy atom. The maximum atomic E-state index is 12.6. The molecule has 0 fully saturated rings. The Balaban J connectivity index is 2.00. The van der Waals surface area contributed by atoms with Crippen LogP contribution in [0.1, 0.15) is 5.69 Å². The van der Waals surface area contributed by atoms with Gasteiger partial charge in [0.2, 0.25) is 0 Å². The van der Waals surface area contributed by atoms with Crippen LogP contribution >= 0.6 is 23.2 Å². The largest absolute Gasteiger partial charge is 0.299 e. The van der Waals surface area contributed by atoms with Crippen LogP contribution in [0.4, 0.5) is 17.1 Å². The number of hydrogen-bond donors (Lipinski definition) is 1. The third-order valence-electron chi connectivity index (χ3n) is 3.55. The number of nitro groups is 1. The number of benzene rings is 2. The lowest BCUT2D eigenvalue weighted by atomic mass is 10.3. The summed E-state index contributed by atoms with van der Waals surface area (Å²) in [7, 11) is 0. The lowest BCUT2D eigenvalue weighted by molar-refractivity contribution is -0.384. The summed E-state index contributed by atoms with van der Waals surface area (Å²) < 4.78 is 1.22. The minimum absolute atomic E-state index is 0.0710. The van der Waals surface area contributed by atoms with E-state index in [-0.39, 0.29) is 17.1 Å². The Morgan fingerprint density at radius 3 is 2.19 bits per heavy atom. The van der Waals surface area contributed by atoms with Crippen LogP contribution in [-0.2, 0) is 0 Å². The van der Waals surface area contributed by atoms with Gasteiger partial charge in [0.15, 0.2) is 5.69 Å².